The van der Waals surface area contributed by atoms with Gasteiger partial charge < -0.3 is 0 Å². The Bertz CT molecular complexity index is 336. The van der Waals surface area contributed by atoms with Gasteiger partial charge in [-0.2, -0.15) is 5.10 Å². The number of nitrogens with one attached hydrogen (secondary N) is 1. The zero-order valence-electron chi connectivity index (χ0n) is 7.32. The van der Waals surface area contributed by atoms with Crippen LogP contribution in [0.15, 0.2) is 29.4 Å². The van der Waals surface area contributed by atoms with Crippen molar-refractivity contribution in [1.82, 2.24) is 5.43 Å². The molecule has 0 saturated carbocycles. The quantitative estimate of drug-likeness (QED) is 0.386. The van der Waals surface area contributed by atoms with Crippen molar-refractivity contribution >= 4 is 25.4 Å². The highest BCUT2D eigenvalue weighted by molar-refractivity contribution is 6.36. The maximum Gasteiger partial charge on any atom is 0.270 e. The van der Waals surface area contributed by atoms with Gasteiger partial charge in [0.05, 0.1) is 0 Å². The monoisotopic (exact) mass is 172 g/mol. The predicted octanol–water partition coefficient (Wildman–Crippen LogP) is 0.216. The summed E-state index contributed by atoms with van der Waals surface area (Å²) in [6.45, 7) is 1.72. The second-order valence-corrected chi connectivity index (χ2v) is 2.42. The highest BCUT2D eigenvalue weighted by Gasteiger charge is 2.04. The topological polar surface area (TPSA) is 41.5 Å². The van der Waals surface area contributed by atoms with Gasteiger partial charge in [-0.25, -0.2) is 5.43 Å². The van der Waals surface area contributed by atoms with Crippen LogP contribution in [0, 0.1) is 0 Å². The summed E-state index contributed by atoms with van der Waals surface area (Å²) in [5.41, 5.74) is 3.23. The lowest BCUT2D eigenvalue weighted by molar-refractivity contribution is 0.0956. The molecule has 0 saturated heterocycles. The highest BCUT2D eigenvalue weighted by Crippen LogP contribution is 1.93. The molecule has 0 fully saturated rings. The Hall–Kier alpha value is -1.58. The number of amides is 1. The van der Waals surface area contributed by atoms with Gasteiger partial charge in [0.1, 0.15) is 7.85 Å². The van der Waals surface area contributed by atoms with Crippen molar-refractivity contribution in [2.75, 3.05) is 0 Å². The van der Waals surface area contributed by atoms with E-state index in [1.165, 1.54) is 6.21 Å². The van der Waals surface area contributed by atoms with Crippen LogP contribution in [-0.4, -0.2) is 20.0 Å². The molecule has 0 bridgehead atoms. The molecule has 0 aromatic heterocycles. The zero-order chi connectivity index (χ0) is 9.68. The fourth-order valence-corrected chi connectivity index (χ4v) is 0.887. The van der Waals surface area contributed by atoms with Crippen LogP contribution in [-0.2, 0) is 0 Å². The average Bonchev–Trinajstić information content (AvgIpc) is 2.15. The molecule has 1 aromatic carbocycles. The fourth-order valence-electron chi connectivity index (χ4n) is 0.887. The Morgan fingerprint density at radius 3 is 2.85 bits per heavy atom. The molecule has 3 nitrogen and oxygen atoms in total. The van der Waals surface area contributed by atoms with Gasteiger partial charge in [-0.1, -0.05) is 23.7 Å². The minimum absolute atomic E-state index is 0.295. The number of carbonyl (C=O) groups is 1. The minimum atomic E-state index is -0.295. The number of hydrazone groups is 1. The van der Waals surface area contributed by atoms with Crippen LogP contribution in [0.1, 0.15) is 17.3 Å². The van der Waals surface area contributed by atoms with Crippen LogP contribution in [0.25, 0.3) is 0 Å². The standard InChI is InChI=1S/C9H9BN2O/c1-2-11-12-9(13)7-5-3-4-6-8(7)10/h2-6H,1H3,(H,12,13)/b11-2+. The third-order valence-corrected chi connectivity index (χ3v) is 1.50. The van der Waals surface area contributed by atoms with Gasteiger partial charge in [-0.15, -0.1) is 0 Å². The summed E-state index contributed by atoms with van der Waals surface area (Å²) in [5, 5.41) is 3.61. The molecule has 0 aliphatic rings. The van der Waals surface area contributed by atoms with Gasteiger partial charge >= 0.3 is 0 Å². The van der Waals surface area contributed by atoms with Gasteiger partial charge in [0.2, 0.25) is 0 Å². The van der Waals surface area contributed by atoms with Gasteiger partial charge in [0.15, 0.2) is 0 Å². The lowest BCUT2D eigenvalue weighted by Crippen LogP contribution is -2.24. The van der Waals surface area contributed by atoms with Crippen molar-refractivity contribution in [1.29, 1.82) is 0 Å². The molecule has 0 aliphatic heterocycles. The van der Waals surface area contributed by atoms with E-state index in [9.17, 15) is 4.79 Å². The summed E-state index contributed by atoms with van der Waals surface area (Å²) >= 11 is 0. The van der Waals surface area contributed by atoms with Gasteiger partial charge in [0.25, 0.3) is 5.91 Å². The molecule has 1 amide bonds. The molecule has 1 N–H and O–H groups in total. The average molecular weight is 172 g/mol. The summed E-state index contributed by atoms with van der Waals surface area (Å²) in [4.78, 5) is 11.3. The van der Waals surface area contributed by atoms with Crippen molar-refractivity contribution < 1.29 is 4.79 Å². The van der Waals surface area contributed by atoms with Crippen molar-refractivity contribution in [3.63, 3.8) is 0 Å². The highest BCUT2D eigenvalue weighted by atomic mass is 16.2. The first-order chi connectivity index (χ1) is 6.25. The molecule has 0 atom stereocenters. The van der Waals surface area contributed by atoms with Crippen LogP contribution >= 0.6 is 0 Å². The van der Waals surface area contributed by atoms with Crippen LogP contribution in [0.2, 0.25) is 0 Å². The first-order valence-corrected chi connectivity index (χ1v) is 3.88. The van der Waals surface area contributed by atoms with Crippen molar-refractivity contribution in [3.8, 4) is 0 Å². The summed E-state index contributed by atoms with van der Waals surface area (Å²) in [6, 6.07) is 6.84. The van der Waals surface area contributed by atoms with Crippen LogP contribution in [0.3, 0.4) is 0 Å². The largest absolute Gasteiger partial charge is 0.270 e. The molecule has 1 aromatic rings. The molecule has 0 spiro atoms. The van der Waals surface area contributed by atoms with E-state index < -0.39 is 0 Å². The molecule has 13 heavy (non-hydrogen) atoms. The fraction of sp³-hybridized carbons (Fsp3) is 0.111. The number of carbonyl (C=O) groups excluding carboxylic acids is 1. The SMILES string of the molecule is [B]c1ccccc1C(=O)N/N=C/C. The second-order valence-electron chi connectivity index (χ2n) is 2.42. The predicted molar refractivity (Wildman–Crippen MR) is 53.5 cm³/mol. The Balaban J connectivity index is 2.83. The van der Waals surface area contributed by atoms with Crippen LogP contribution in [0.5, 0.6) is 0 Å². The molecular weight excluding hydrogens is 163 g/mol. The van der Waals surface area contributed by atoms with Crippen molar-refractivity contribution in [2.45, 2.75) is 6.92 Å². The summed E-state index contributed by atoms with van der Waals surface area (Å²) in [7, 11) is 5.58. The molecule has 2 radical (unpaired) electrons. The van der Waals surface area contributed by atoms with Gasteiger partial charge in [0, 0.05) is 11.8 Å². The minimum Gasteiger partial charge on any atom is -0.267 e. The summed E-state index contributed by atoms with van der Waals surface area (Å²) in [6.07, 6.45) is 1.50. The molecule has 0 unspecified atom stereocenters. The van der Waals surface area contributed by atoms with E-state index in [-0.39, 0.29) is 5.91 Å². The van der Waals surface area contributed by atoms with E-state index in [1.807, 2.05) is 0 Å². The van der Waals surface area contributed by atoms with E-state index >= 15 is 0 Å². The number of rotatable bonds is 2. The maximum atomic E-state index is 11.3. The second kappa shape index (κ2) is 4.45. The Kier molecular flexibility index (Phi) is 3.26. The molecule has 1 rings (SSSR count). The molecule has 0 aliphatic carbocycles. The number of hydrogen-bond acceptors (Lipinski definition) is 2. The molecule has 4 heteroatoms. The summed E-state index contributed by atoms with van der Waals surface area (Å²) in [5.74, 6) is -0.295. The Morgan fingerprint density at radius 2 is 2.23 bits per heavy atom. The third kappa shape index (κ3) is 2.44. The maximum absolute atomic E-state index is 11.3. The lowest BCUT2D eigenvalue weighted by Gasteiger charge is -2.02. The third-order valence-electron chi connectivity index (χ3n) is 1.50. The number of benzene rings is 1. The zero-order valence-corrected chi connectivity index (χ0v) is 7.32. The van der Waals surface area contributed by atoms with E-state index in [1.54, 1.807) is 31.2 Å². The van der Waals surface area contributed by atoms with E-state index in [4.69, 9.17) is 7.85 Å². The van der Waals surface area contributed by atoms with E-state index in [2.05, 4.69) is 10.5 Å². The van der Waals surface area contributed by atoms with Crippen LogP contribution in [0.4, 0.5) is 0 Å². The Labute approximate surface area is 78.3 Å². The molecule has 0 heterocycles. The van der Waals surface area contributed by atoms with Gasteiger partial charge in [-0.3, -0.25) is 4.79 Å². The van der Waals surface area contributed by atoms with Crippen molar-refractivity contribution in [3.05, 3.63) is 29.8 Å². The van der Waals surface area contributed by atoms with Crippen LogP contribution < -0.4 is 10.9 Å². The number of nitrogens with zero attached hydrogens (tertiary/aromatic N) is 1. The lowest BCUT2D eigenvalue weighted by atomic mass is 9.90. The normalized spacial score (nSPS) is 10.2. The first-order valence-electron chi connectivity index (χ1n) is 3.88. The first kappa shape index (κ1) is 9.51. The summed E-state index contributed by atoms with van der Waals surface area (Å²) < 4.78 is 0. The smallest absolute Gasteiger partial charge is 0.267 e. The molecule has 64 valence electrons. The van der Waals surface area contributed by atoms with Crippen molar-refractivity contribution in [2.24, 2.45) is 5.10 Å². The molecular formula is C9H9BN2O. The van der Waals surface area contributed by atoms with E-state index in [0.29, 0.717) is 11.0 Å². The van der Waals surface area contributed by atoms with Gasteiger partial charge in [-0.05, 0) is 13.0 Å². The number of hydrogen-bond donors (Lipinski definition) is 1. The Morgan fingerprint density at radius 1 is 1.54 bits per heavy atom. The van der Waals surface area contributed by atoms with E-state index in [0.717, 1.165) is 0 Å².